The molecule has 0 aromatic rings. The van der Waals surface area contributed by atoms with E-state index in [9.17, 15) is 4.79 Å². The van der Waals surface area contributed by atoms with Gasteiger partial charge in [0.2, 0.25) is 0 Å². The molecule has 1 amide bonds. The second-order valence-electron chi connectivity index (χ2n) is 5.21. The first-order chi connectivity index (χ1) is 7.40. The quantitative estimate of drug-likeness (QED) is 0.719. The Morgan fingerprint density at radius 1 is 1.44 bits per heavy atom. The van der Waals surface area contributed by atoms with Crippen LogP contribution in [-0.4, -0.2) is 30.3 Å². The Hall–Kier alpha value is -1.03. The van der Waals surface area contributed by atoms with E-state index < -0.39 is 5.60 Å². The van der Waals surface area contributed by atoms with Crippen molar-refractivity contribution in [1.82, 2.24) is 10.6 Å². The van der Waals surface area contributed by atoms with Gasteiger partial charge in [-0.25, -0.2) is 4.79 Å². The average Bonchev–Trinajstić information content (AvgIpc) is 2.05. The normalized spacial score (nSPS) is 24.4. The monoisotopic (exact) mass is 226 g/mol. The summed E-state index contributed by atoms with van der Waals surface area (Å²) in [5, 5.41) is 6.16. The molecule has 1 aliphatic carbocycles. The smallest absolute Gasteiger partial charge is 0.407 e. The molecule has 2 N–H and O–H groups in total. The molecular formula is C12H22N2O2. The maximum atomic E-state index is 11.4. The van der Waals surface area contributed by atoms with Crippen molar-refractivity contribution in [1.29, 1.82) is 0 Å². The summed E-state index contributed by atoms with van der Waals surface area (Å²) >= 11 is 0. The van der Waals surface area contributed by atoms with Gasteiger partial charge in [0.05, 0.1) is 0 Å². The molecule has 0 radical (unpaired) electrons. The molecule has 0 spiro atoms. The van der Waals surface area contributed by atoms with Crippen LogP contribution in [0.25, 0.3) is 0 Å². The predicted octanol–water partition coefficient (Wildman–Crippen LogP) is 1.82. The van der Waals surface area contributed by atoms with Crippen LogP contribution in [0.15, 0.2) is 12.7 Å². The first-order valence-corrected chi connectivity index (χ1v) is 5.74. The number of hydrogen-bond acceptors (Lipinski definition) is 3. The van der Waals surface area contributed by atoms with Crippen LogP contribution in [0.5, 0.6) is 0 Å². The Labute approximate surface area is 97.4 Å². The molecule has 1 aliphatic rings. The summed E-state index contributed by atoms with van der Waals surface area (Å²) in [6, 6.07) is 0.745. The Morgan fingerprint density at radius 2 is 2.06 bits per heavy atom. The minimum Gasteiger partial charge on any atom is -0.444 e. The van der Waals surface area contributed by atoms with Gasteiger partial charge in [0.15, 0.2) is 0 Å². The van der Waals surface area contributed by atoms with Crippen molar-refractivity contribution < 1.29 is 9.53 Å². The Balaban J connectivity index is 2.12. The maximum absolute atomic E-state index is 11.4. The SMILES string of the molecule is C=CCNC1CC(NC(=O)OC(C)(C)C)C1. The summed E-state index contributed by atoms with van der Waals surface area (Å²) in [5.41, 5.74) is -0.422. The lowest BCUT2D eigenvalue weighted by atomic mass is 9.87. The molecule has 0 aliphatic heterocycles. The summed E-state index contributed by atoms with van der Waals surface area (Å²) in [7, 11) is 0. The van der Waals surface area contributed by atoms with Gasteiger partial charge >= 0.3 is 6.09 Å². The van der Waals surface area contributed by atoms with Crippen molar-refractivity contribution in [3.8, 4) is 0 Å². The van der Waals surface area contributed by atoms with Gasteiger partial charge in [0.25, 0.3) is 0 Å². The van der Waals surface area contributed by atoms with Crippen LogP contribution in [0, 0.1) is 0 Å². The highest BCUT2D eigenvalue weighted by atomic mass is 16.6. The molecule has 0 heterocycles. The van der Waals surface area contributed by atoms with Crippen molar-refractivity contribution in [2.75, 3.05) is 6.54 Å². The van der Waals surface area contributed by atoms with Crippen LogP contribution in [0.1, 0.15) is 33.6 Å². The van der Waals surface area contributed by atoms with Gasteiger partial charge in [0, 0.05) is 18.6 Å². The lowest BCUT2D eigenvalue weighted by molar-refractivity contribution is 0.0466. The Kier molecular flexibility index (Phi) is 4.35. The van der Waals surface area contributed by atoms with E-state index in [0.717, 1.165) is 19.4 Å². The topological polar surface area (TPSA) is 50.4 Å². The number of carbonyl (C=O) groups excluding carboxylic acids is 1. The molecule has 92 valence electrons. The van der Waals surface area contributed by atoms with Gasteiger partial charge < -0.3 is 15.4 Å². The van der Waals surface area contributed by atoms with Gasteiger partial charge in [-0.05, 0) is 33.6 Å². The number of hydrogen-bond donors (Lipinski definition) is 2. The Bertz CT molecular complexity index is 252. The third kappa shape index (κ3) is 4.66. The highest BCUT2D eigenvalue weighted by Crippen LogP contribution is 2.20. The second kappa shape index (κ2) is 5.34. The van der Waals surface area contributed by atoms with Gasteiger partial charge in [-0.15, -0.1) is 6.58 Å². The number of nitrogens with one attached hydrogen (secondary N) is 2. The number of ether oxygens (including phenoxy) is 1. The molecule has 1 rings (SSSR count). The van der Waals surface area contributed by atoms with Crippen molar-refractivity contribution >= 4 is 6.09 Å². The van der Waals surface area contributed by atoms with Gasteiger partial charge in [0.1, 0.15) is 5.60 Å². The zero-order valence-electron chi connectivity index (χ0n) is 10.4. The fourth-order valence-electron chi connectivity index (χ4n) is 1.63. The first kappa shape index (κ1) is 13.0. The van der Waals surface area contributed by atoms with E-state index in [-0.39, 0.29) is 12.1 Å². The molecule has 0 saturated heterocycles. The van der Waals surface area contributed by atoms with Gasteiger partial charge in [-0.3, -0.25) is 0 Å². The van der Waals surface area contributed by atoms with E-state index in [4.69, 9.17) is 4.74 Å². The number of amides is 1. The van der Waals surface area contributed by atoms with Crippen LogP contribution in [0.3, 0.4) is 0 Å². The van der Waals surface area contributed by atoms with Crippen LogP contribution in [-0.2, 0) is 4.74 Å². The fourth-order valence-corrected chi connectivity index (χ4v) is 1.63. The van der Waals surface area contributed by atoms with Crippen molar-refractivity contribution in [3.05, 3.63) is 12.7 Å². The van der Waals surface area contributed by atoms with E-state index in [1.54, 1.807) is 0 Å². The first-order valence-electron chi connectivity index (χ1n) is 5.74. The molecule has 0 bridgehead atoms. The van der Waals surface area contributed by atoms with E-state index >= 15 is 0 Å². The van der Waals surface area contributed by atoms with Crippen molar-refractivity contribution in [3.63, 3.8) is 0 Å². The highest BCUT2D eigenvalue weighted by molar-refractivity contribution is 5.68. The van der Waals surface area contributed by atoms with Crippen LogP contribution < -0.4 is 10.6 Å². The minimum absolute atomic E-state index is 0.247. The number of alkyl carbamates (subject to hydrolysis) is 1. The minimum atomic E-state index is -0.422. The molecule has 16 heavy (non-hydrogen) atoms. The number of carbonyl (C=O) groups is 1. The van der Waals surface area contributed by atoms with Crippen molar-refractivity contribution in [2.45, 2.75) is 51.3 Å². The maximum Gasteiger partial charge on any atom is 0.407 e. The lowest BCUT2D eigenvalue weighted by Crippen LogP contribution is -2.53. The predicted molar refractivity (Wildman–Crippen MR) is 64.4 cm³/mol. The van der Waals surface area contributed by atoms with Gasteiger partial charge in [-0.2, -0.15) is 0 Å². The molecular weight excluding hydrogens is 204 g/mol. The van der Waals surface area contributed by atoms with E-state index in [0.29, 0.717) is 6.04 Å². The fraction of sp³-hybridized carbons (Fsp3) is 0.750. The van der Waals surface area contributed by atoms with Crippen LogP contribution in [0.2, 0.25) is 0 Å². The molecule has 0 unspecified atom stereocenters. The molecule has 4 heteroatoms. The molecule has 1 fully saturated rings. The van der Waals surface area contributed by atoms with E-state index in [1.165, 1.54) is 0 Å². The highest BCUT2D eigenvalue weighted by Gasteiger charge is 2.30. The van der Waals surface area contributed by atoms with Crippen LogP contribution in [0.4, 0.5) is 4.79 Å². The largest absolute Gasteiger partial charge is 0.444 e. The van der Waals surface area contributed by atoms with E-state index in [1.807, 2.05) is 26.8 Å². The molecule has 0 aromatic carbocycles. The lowest BCUT2D eigenvalue weighted by Gasteiger charge is -2.36. The molecule has 0 aromatic heterocycles. The summed E-state index contributed by atoms with van der Waals surface area (Å²) in [6.07, 6.45) is 3.45. The Morgan fingerprint density at radius 3 is 2.56 bits per heavy atom. The third-order valence-corrected chi connectivity index (χ3v) is 2.41. The van der Waals surface area contributed by atoms with Crippen molar-refractivity contribution in [2.24, 2.45) is 0 Å². The average molecular weight is 226 g/mol. The summed E-state index contributed by atoms with van der Waals surface area (Å²) in [5.74, 6) is 0. The van der Waals surface area contributed by atoms with E-state index in [2.05, 4.69) is 17.2 Å². The standard InChI is InChI=1S/C12H22N2O2/c1-5-6-13-9-7-10(8-9)14-11(15)16-12(2,3)4/h5,9-10,13H,1,6-8H2,2-4H3,(H,14,15). The number of rotatable bonds is 4. The van der Waals surface area contributed by atoms with Crippen LogP contribution >= 0.6 is 0 Å². The second-order valence-corrected chi connectivity index (χ2v) is 5.21. The third-order valence-electron chi connectivity index (χ3n) is 2.41. The molecule has 0 atom stereocenters. The molecule has 4 nitrogen and oxygen atoms in total. The summed E-state index contributed by atoms with van der Waals surface area (Å²) < 4.78 is 5.17. The zero-order chi connectivity index (χ0) is 12.2. The molecule has 1 saturated carbocycles. The summed E-state index contributed by atoms with van der Waals surface area (Å²) in [4.78, 5) is 11.4. The summed E-state index contributed by atoms with van der Waals surface area (Å²) in [6.45, 7) is 10.1. The van der Waals surface area contributed by atoms with Gasteiger partial charge in [-0.1, -0.05) is 6.08 Å². The zero-order valence-corrected chi connectivity index (χ0v) is 10.4.